The monoisotopic (exact) mass is 644 g/mol. The van der Waals surface area contributed by atoms with Gasteiger partial charge in [-0.25, -0.2) is 4.98 Å². The first-order valence-electron chi connectivity index (χ1n) is 14.1. The molecule has 0 aliphatic rings. The maximum Gasteiger partial charge on any atom is 0.311 e. The first-order chi connectivity index (χ1) is 21.8. The predicted octanol–water partition coefficient (Wildman–Crippen LogP) is 5.79. The minimum Gasteiger partial charge on any atom is -0.494 e. The van der Waals surface area contributed by atoms with Crippen LogP contribution in [-0.4, -0.2) is 47.6 Å². The van der Waals surface area contributed by atoms with Crippen molar-refractivity contribution in [2.75, 3.05) is 29.6 Å². The fraction of sp³-hybridized carbons (Fsp3) is 0.182. The van der Waals surface area contributed by atoms with Crippen molar-refractivity contribution < 1.29 is 28.7 Å². The second-order valence-electron chi connectivity index (χ2n) is 9.32. The van der Waals surface area contributed by atoms with E-state index in [1.54, 1.807) is 91.2 Å². The van der Waals surface area contributed by atoms with Crippen LogP contribution >= 0.6 is 23.1 Å². The molecule has 10 nitrogen and oxygen atoms in total. The molecule has 3 aromatic carbocycles. The van der Waals surface area contributed by atoms with Crippen LogP contribution in [0.15, 0.2) is 94.8 Å². The van der Waals surface area contributed by atoms with Gasteiger partial charge in [-0.3, -0.25) is 19.2 Å². The van der Waals surface area contributed by atoms with Gasteiger partial charge in [-0.15, -0.1) is 23.1 Å². The molecule has 0 atom stereocenters. The normalized spacial score (nSPS) is 10.9. The van der Waals surface area contributed by atoms with Crippen LogP contribution in [0.4, 0.5) is 10.8 Å². The van der Waals surface area contributed by atoms with Crippen molar-refractivity contribution in [1.29, 1.82) is 0 Å². The van der Waals surface area contributed by atoms with Gasteiger partial charge in [0.15, 0.2) is 5.13 Å². The smallest absolute Gasteiger partial charge is 0.311 e. The van der Waals surface area contributed by atoms with Gasteiger partial charge in [-0.05, 0) is 68.0 Å². The second kappa shape index (κ2) is 16.8. The van der Waals surface area contributed by atoms with E-state index >= 15 is 0 Å². The standard InChI is InChI=1S/C33H32N4O6S2/c1-3-42-26-15-13-22(14-16-26)17-28(36-31(40)23-9-6-5-7-10-23)32(41)34-24-11-8-12-27(18-24)44-21-29(38)37-33-35-25(20-45-33)19-30(39)43-4-2/h5-18,20H,3-4,19,21H2,1-2H3,(H,34,41)(H,36,40)(H,35,37,38)/b28-17+. The van der Waals surface area contributed by atoms with Gasteiger partial charge in [0.05, 0.1) is 31.1 Å². The first-order valence-corrected chi connectivity index (χ1v) is 15.9. The van der Waals surface area contributed by atoms with Gasteiger partial charge in [0.1, 0.15) is 11.4 Å². The number of nitrogens with zero attached hydrogens (tertiary/aromatic N) is 1. The minimum atomic E-state index is -0.518. The number of carbonyl (C=O) groups excluding carboxylic acids is 4. The summed E-state index contributed by atoms with van der Waals surface area (Å²) < 4.78 is 10.4. The number of esters is 1. The third kappa shape index (κ3) is 10.6. The molecule has 0 saturated heterocycles. The SMILES string of the molecule is CCOC(=O)Cc1csc(NC(=O)CSc2cccc(NC(=O)/C(=C\c3ccc(OCC)cc3)NC(=O)c3ccccc3)c2)n1. The minimum absolute atomic E-state index is 0.0422. The number of carbonyl (C=O) groups is 4. The van der Waals surface area contributed by atoms with Gasteiger partial charge in [-0.1, -0.05) is 36.4 Å². The highest BCUT2D eigenvalue weighted by Gasteiger charge is 2.16. The summed E-state index contributed by atoms with van der Waals surface area (Å²) in [7, 11) is 0. The van der Waals surface area contributed by atoms with Crippen molar-refractivity contribution in [2.24, 2.45) is 0 Å². The maximum atomic E-state index is 13.4. The van der Waals surface area contributed by atoms with Gasteiger partial charge >= 0.3 is 5.97 Å². The summed E-state index contributed by atoms with van der Waals surface area (Å²) >= 11 is 2.51. The summed E-state index contributed by atoms with van der Waals surface area (Å²) in [5.74, 6) is -0.791. The molecular weight excluding hydrogens is 613 g/mol. The lowest BCUT2D eigenvalue weighted by molar-refractivity contribution is -0.142. The lowest BCUT2D eigenvalue weighted by atomic mass is 10.1. The first kappa shape index (κ1) is 33.0. The molecule has 4 rings (SSSR count). The quantitative estimate of drug-likeness (QED) is 0.0892. The summed E-state index contributed by atoms with van der Waals surface area (Å²) in [5.41, 5.74) is 2.17. The number of rotatable bonds is 14. The number of benzene rings is 3. The molecule has 4 aromatic rings. The maximum absolute atomic E-state index is 13.4. The van der Waals surface area contributed by atoms with Crippen LogP contribution in [0, 0.1) is 0 Å². The fourth-order valence-corrected chi connectivity index (χ4v) is 5.39. The van der Waals surface area contributed by atoms with E-state index in [-0.39, 0.29) is 29.7 Å². The summed E-state index contributed by atoms with van der Waals surface area (Å²) in [6.45, 7) is 4.45. The highest BCUT2D eigenvalue weighted by molar-refractivity contribution is 8.00. The fourth-order valence-electron chi connectivity index (χ4n) is 3.91. The molecule has 0 aliphatic carbocycles. The van der Waals surface area contributed by atoms with Crippen molar-refractivity contribution >= 4 is 63.7 Å². The largest absolute Gasteiger partial charge is 0.494 e. The molecule has 0 bridgehead atoms. The third-order valence-corrected chi connectivity index (χ3v) is 7.72. The number of thiazole rings is 1. The molecule has 12 heteroatoms. The molecular formula is C33H32N4O6S2. The molecule has 1 aromatic heterocycles. The molecule has 3 amide bonds. The highest BCUT2D eigenvalue weighted by Crippen LogP contribution is 2.23. The summed E-state index contributed by atoms with van der Waals surface area (Å²) in [5, 5.41) is 10.4. The zero-order valence-corrected chi connectivity index (χ0v) is 26.3. The van der Waals surface area contributed by atoms with Gasteiger partial charge < -0.3 is 25.4 Å². The molecule has 0 fully saturated rings. The third-order valence-electron chi connectivity index (χ3n) is 5.92. The lowest BCUT2D eigenvalue weighted by Crippen LogP contribution is -2.30. The highest BCUT2D eigenvalue weighted by atomic mass is 32.2. The molecule has 45 heavy (non-hydrogen) atoms. The van der Waals surface area contributed by atoms with E-state index in [1.165, 1.54) is 23.1 Å². The van der Waals surface area contributed by atoms with Crippen LogP contribution in [0.2, 0.25) is 0 Å². The van der Waals surface area contributed by atoms with Crippen LogP contribution in [0.5, 0.6) is 5.75 Å². The molecule has 0 unspecified atom stereocenters. The van der Waals surface area contributed by atoms with Gasteiger partial charge in [0.25, 0.3) is 11.8 Å². The molecule has 3 N–H and O–H groups in total. The van der Waals surface area contributed by atoms with E-state index in [2.05, 4.69) is 20.9 Å². The molecule has 0 spiro atoms. The molecule has 232 valence electrons. The van der Waals surface area contributed by atoms with Gasteiger partial charge in [0.2, 0.25) is 5.91 Å². The Morgan fingerprint density at radius 1 is 0.911 bits per heavy atom. The van der Waals surface area contributed by atoms with E-state index in [0.717, 1.165) is 4.90 Å². The van der Waals surface area contributed by atoms with E-state index < -0.39 is 11.8 Å². The average Bonchev–Trinajstić information content (AvgIpc) is 3.47. The Bertz CT molecular complexity index is 1660. The number of aromatic nitrogens is 1. The van der Waals surface area contributed by atoms with E-state index in [9.17, 15) is 19.2 Å². The number of anilines is 2. The van der Waals surface area contributed by atoms with E-state index in [0.29, 0.717) is 46.6 Å². The Hall–Kier alpha value is -4.94. The van der Waals surface area contributed by atoms with Crippen LogP contribution in [-0.2, 0) is 25.5 Å². The van der Waals surface area contributed by atoms with Crippen molar-refractivity contribution in [2.45, 2.75) is 25.2 Å². The Balaban J connectivity index is 1.40. The summed E-state index contributed by atoms with van der Waals surface area (Å²) in [6.07, 6.45) is 1.63. The Morgan fingerprint density at radius 2 is 1.69 bits per heavy atom. The summed E-state index contributed by atoms with van der Waals surface area (Å²) in [4.78, 5) is 55.5. The van der Waals surface area contributed by atoms with E-state index in [1.807, 2.05) is 13.0 Å². The second-order valence-corrected chi connectivity index (χ2v) is 11.2. The van der Waals surface area contributed by atoms with Crippen molar-refractivity contribution in [1.82, 2.24) is 10.3 Å². The van der Waals surface area contributed by atoms with Crippen LogP contribution < -0.4 is 20.7 Å². The van der Waals surface area contributed by atoms with E-state index in [4.69, 9.17) is 9.47 Å². The van der Waals surface area contributed by atoms with Crippen molar-refractivity contribution in [3.8, 4) is 5.75 Å². The topological polar surface area (TPSA) is 136 Å². The zero-order chi connectivity index (χ0) is 32.0. The average molecular weight is 645 g/mol. The molecule has 1 heterocycles. The molecule has 0 saturated carbocycles. The van der Waals surface area contributed by atoms with Crippen molar-refractivity contribution in [3.63, 3.8) is 0 Å². The number of hydrogen-bond donors (Lipinski definition) is 3. The Morgan fingerprint density at radius 3 is 2.42 bits per heavy atom. The van der Waals surface area contributed by atoms with Crippen LogP contribution in [0.25, 0.3) is 6.08 Å². The Labute approximate surface area is 269 Å². The zero-order valence-electron chi connectivity index (χ0n) is 24.7. The van der Waals surface area contributed by atoms with Gasteiger partial charge in [-0.2, -0.15) is 0 Å². The summed E-state index contributed by atoms with van der Waals surface area (Å²) in [6, 6.07) is 22.8. The number of nitrogens with one attached hydrogen (secondary N) is 3. The number of ether oxygens (including phenoxy) is 2. The number of amides is 3. The lowest BCUT2D eigenvalue weighted by Gasteiger charge is -2.12. The predicted molar refractivity (Wildman–Crippen MR) is 176 cm³/mol. The van der Waals surface area contributed by atoms with Crippen LogP contribution in [0.1, 0.15) is 35.5 Å². The van der Waals surface area contributed by atoms with Gasteiger partial charge in [0, 0.05) is 21.5 Å². The number of thioether (sulfide) groups is 1. The molecule has 0 radical (unpaired) electrons. The van der Waals surface area contributed by atoms with Crippen LogP contribution in [0.3, 0.4) is 0 Å². The van der Waals surface area contributed by atoms with Crippen molar-refractivity contribution in [3.05, 3.63) is 107 Å². The Kier molecular flexibility index (Phi) is 12.3. The number of hydrogen-bond acceptors (Lipinski definition) is 9. The molecule has 0 aliphatic heterocycles.